The van der Waals surface area contributed by atoms with Gasteiger partial charge in [0.2, 0.25) is 0 Å². The maximum atomic E-state index is 4.59. The van der Waals surface area contributed by atoms with Crippen LogP contribution in [0.3, 0.4) is 0 Å². The van der Waals surface area contributed by atoms with Crippen LogP contribution in [0.2, 0.25) is 0 Å². The van der Waals surface area contributed by atoms with Crippen LogP contribution in [0.5, 0.6) is 0 Å². The molecule has 114 valence electrons. The Bertz CT molecular complexity index is 719. The molecule has 3 aromatic heterocycles. The van der Waals surface area contributed by atoms with Crippen molar-refractivity contribution in [2.75, 3.05) is 0 Å². The number of allylic oxidation sites excluding steroid dienone is 1. The molecule has 0 fully saturated rings. The highest BCUT2D eigenvalue weighted by Crippen LogP contribution is 2.44. The van der Waals surface area contributed by atoms with Gasteiger partial charge in [-0.05, 0) is 54.2 Å². The molecule has 0 saturated carbocycles. The van der Waals surface area contributed by atoms with Crippen LogP contribution in [0.4, 0.5) is 0 Å². The molecule has 0 aliphatic heterocycles. The van der Waals surface area contributed by atoms with Gasteiger partial charge in [0, 0.05) is 26.5 Å². The first-order valence-electron chi connectivity index (χ1n) is 7.62. The Morgan fingerprint density at radius 3 is 1.83 bits per heavy atom. The molecule has 0 amide bonds. The Kier molecular flexibility index (Phi) is 5.23. The summed E-state index contributed by atoms with van der Waals surface area (Å²) in [5.41, 5.74) is 3.12. The van der Waals surface area contributed by atoms with Crippen molar-refractivity contribution in [3.63, 3.8) is 0 Å². The predicted molar refractivity (Wildman–Crippen MR) is 97.2 cm³/mol. The molecule has 0 unspecified atom stereocenters. The van der Waals surface area contributed by atoms with E-state index in [1.807, 2.05) is 61.1 Å². The molecule has 0 N–H and O–H groups in total. The molecule has 0 radical (unpaired) electrons. The van der Waals surface area contributed by atoms with Crippen molar-refractivity contribution in [1.29, 1.82) is 0 Å². The zero-order chi connectivity index (χ0) is 15.9. The van der Waals surface area contributed by atoms with Crippen LogP contribution in [0.25, 0.3) is 6.08 Å². The molecule has 0 atom stereocenters. The van der Waals surface area contributed by atoms with Crippen molar-refractivity contribution in [2.45, 2.75) is 13.3 Å². The standard InChI is InChI=1S/C19H18N3P/c1-2-17(15-16-9-3-6-12-20-16)23(18-10-4-7-13-21-18)19-11-5-8-14-22-19/h3-15H,2H2,1H3/b17-15+. The SMILES string of the molecule is CC/C(=C\c1ccccn1)P(c1ccccn1)c1ccccn1. The molecule has 0 aromatic carbocycles. The molecule has 3 aromatic rings. The number of hydrogen-bond donors (Lipinski definition) is 0. The zero-order valence-corrected chi connectivity index (χ0v) is 13.9. The minimum absolute atomic E-state index is 0.739. The molecule has 0 aliphatic carbocycles. The van der Waals surface area contributed by atoms with Crippen LogP contribution in [0, 0.1) is 0 Å². The highest BCUT2D eigenvalue weighted by molar-refractivity contribution is 7.76. The lowest BCUT2D eigenvalue weighted by molar-refractivity contribution is 1.19. The fourth-order valence-corrected chi connectivity index (χ4v) is 4.58. The first-order valence-corrected chi connectivity index (χ1v) is 8.96. The van der Waals surface area contributed by atoms with Crippen LogP contribution in [0.1, 0.15) is 19.0 Å². The van der Waals surface area contributed by atoms with Crippen molar-refractivity contribution in [2.24, 2.45) is 0 Å². The smallest absolute Gasteiger partial charge is 0.0734 e. The van der Waals surface area contributed by atoms with Crippen LogP contribution in [0.15, 0.2) is 78.5 Å². The third kappa shape index (κ3) is 3.88. The minimum atomic E-state index is -0.739. The van der Waals surface area contributed by atoms with Gasteiger partial charge in [0.1, 0.15) is 0 Å². The first kappa shape index (κ1) is 15.5. The van der Waals surface area contributed by atoms with E-state index in [-0.39, 0.29) is 0 Å². The van der Waals surface area contributed by atoms with E-state index in [2.05, 4.69) is 40.1 Å². The molecular weight excluding hydrogens is 301 g/mol. The molecule has 4 heteroatoms. The number of rotatable bonds is 5. The molecule has 3 heterocycles. The van der Waals surface area contributed by atoms with Crippen LogP contribution >= 0.6 is 7.92 Å². The zero-order valence-electron chi connectivity index (χ0n) is 13.0. The summed E-state index contributed by atoms with van der Waals surface area (Å²) in [6.45, 7) is 2.18. The van der Waals surface area contributed by atoms with Crippen LogP contribution in [-0.2, 0) is 0 Å². The van der Waals surface area contributed by atoms with Gasteiger partial charge in [0.25, 0.3) is 0 Å². The van der Waals surface area contributed by atoms with Crippen LogP contribution in [-0.4, -0.2) is 15.0 Å². The Labute approximate surface area is 137 Å². The second-order valence-corrected chi connectivity index (χ2v) is 7.12. The fourth-order valence-electron chi connectivity index (χ4n) is 2.34. The Morgan fingerprint density at radius 1 is 0.826 bits per heavy atom. The van der Waals surface area contributed by atoms with E-state index in [0.29, 0.717) is 0 Å². The van der Waals surface area contributed by atoms with Gasteiger partial charge in [-0.2, -0.15) is 0 Å². The van der Waals surface area contributed by atoms with E-state index in [1.54, 1.807) is 0 Å². The lowest BCUT2D eigenvalue weighted by Crippen LogP contribution is -2.18. The van der Waals surface area contributed by atoms with E-state index in [9.17, 15) is 0 Å². The lowest BCUT2D eigenvalue weighted by Gasteiger charge is -2.19. The van der Waals surface area contributed by atoms with Crippen LogP contribution < -0.4 is 10.9 Å². The highest BCUT2D eigenvalue weighted by atomic mass is 31.1. The average molecular weight is 319 g/mol. The van der Waals surface area contributed by atoms with Crippen molar-refractivity contribution in [3.8, 4) is 0 Å². The number of hydrogen-bond acceptors (Lipinski definition) is 3. The predicted octanol–water partition coefficient (Wildman–Crippen LogP) is 3.76. The highest BCUT2D eigenvalue weighted by Gasteiger charge is 2.20. The van der Waals surface area contributed by atoms with Gasteiger partial charge in [-0.3, -0.25) is 15.0 Å². The third-order valence-corrected chi connectivity index (χ3v) is 5.87. The summed E-state index contributed by atoms with van der Waals surface area (Å²) in [4.78, 5) is 13.6. The fraction of sp³-hybridized carbons (Fsp3) is 0.105. The Balaban J connectivity index is 2.09. The monoisotopic (exact) mass is 319 g/mol. The molecule has 0 spiro atoms. The summed E-state index contributed by atoms with van der Waals surface area (Å²) in [5, 5.41) is 1.32. The summed E-state index contributed by atoms with van der Waals surface area (Å²) < 4.78 is 0. The third-order valence-electron chi connectivity index (χ3n) is 3.41. The first-order chi connectivity index (χ1) is 11.4. The Morgan fingerprint density at radius 2 is 1.39 bits per heavy atom. The summed E-state index contributed by atoms with van der Waals surface area (Å²) in [6.07, 6.45) is 8.64. The molecule has 0 saturated heterocycles. The molecule has 3 rings (SSSR count). The van der Waals surface area contributed by atoms with Gasteiger partial charge in [-0.15, -0.1) is 0 Å². The lowest BCUT2D eigenvalue weighted by atomic mass is 10.3. The Hall–Kier alpha value is -2.38. The molecule has 23 heavy (non-hydrogen) atoms. The normalized spacial score (nSPS) is 11.7. The second kappa shape index (κ2) is 7.75. The minimum Gasteiger partial charge on any atom is -0.257 e. The number of nitrogens with zero attached hydrogens (tertiary/aromatic N) is 3. The van der Waals surface area contributed by atoms with Crippen molar-refractivity contribution >= 4 is 24.9 Å². The molecule has 0 aliphatic rings. The van der Waals surface area contributed by atoms with Gasteiger partial charge >= 0.3 is 0 Å². The van der Waals surface area contributed by atoms with Gasteiger partial charge < -0.3 is 0 Å². The van der Waals surface area contributed by atoms with Crippen molar-refractivity contribution < 1.29 is 0 Å². The summed E-state index contributed by atoms with van der Waals surface area (Å²) in [5.74, 6) is 0. The molecule has 3 nitrogen and oxygen atoms in total. The number of pyridine rings is 3. The van der Waals surface area contributed by atoms with Gasteiger partial charge in [-0.25, -0.2) is 0 Å². The van der Waals surface area contributed by atoms with E-state index in [4.69, 9.17) is 0 Å². The van der Waals surface area contributed by atoms with Gasteiger partial charge in [0.05, 0.1) is 16.6 Å². The maximum Gasteiger partial charge on any atom is 0.0734 e. The van der Waals surface area contributed by atoms with Gasteiger partial charge in [0.15, 0.2) is 0 Å². The largest absolute Gasteiger partial charge is 0.257 e. The van der Waals surface area contributed by atoms with E-state index < -0.39 is 7.92 Å². The number of aromatic nitrogens is 3. The summed E-state index contributed by atoms with van der Waals surface area (Å²) in [7, 11) is -0.739. The quantitative estimate of drug-likeness (QED) is 0.672. The molecule has 0 bridgehead atoms. The van der Waals surface area contributed by atoms with E-state index >= 15 is 0 Å². The molecular formula is C19H18N3P. The maximum absolute atomic E-state index is 4.59. The summed E-state index contributed by atoms with van der Waals surface area (Å²) >= 11 is 0. The van der Waals surface area contributed by atoms with Crippen molar-refractivity contribution in [3.05, 3.63) is 84.2 Å². The van der Waals surface area contributed by atoms with Gasteiger partial charge in [-0.1, -0.05) is 25.1 Å². The van der Waals surface area contributed by atoms with Crippen molar-refractivity contribution in [1.82, 2.24) is 15.0 Å². The van der Waals surface area contributed by atoms with E-state index in [0.717, 1.165) is 23.0 Å². The average Bonchev–Trinajstić information content (AvgIpc) is 2.64. The second-order valence-electron chi connectivity index (χ2n) is 4.96. The summed E-state index contributed by atoms with van der Waals surface area (Å²) in [6, 6.07) is 18.1. The van der Waals surface area contributed by atoms with E-state index in [1.165, 1.54) is 5.31 Å². The topological polar surface area (TPSA) is 38.7 Å².